The standard InChI is InChI=1S/C30H31N3O2/c1-20-8-9-21(2)26(18-20)28-19-27(25-7-5-6-22(3)29(25)31-28)30(34)33-16-14-32(15-17-33)23-10-12-24(35-4)13-11-23/h5-13,18-19H,14-17H2,1-4H3. The Bertz CT molecular complexity index is 1390. The van der Waals surface area contributed by atoms with Gasteiger partial charge in [-0.1, -0.05) is 35.9 Å². The van der Waals surface area contributed by atoms with E-state index in [-0.39, 0.29) is 5.91 Å². The Morgan fingerprint density at radius 3 is 2.31 bits per heavy atom. The number of para-hydroxylation sites is 1. The fraction of sp³-hybridized carbons (Fsp3) is 0.267. The van der Waals surface area contributed by atoms with E-state index >= 15 is 0 Å². The number of hydrogen-bond acceptors (Lipinski definition) is 4. The minimum absolute atomic E-state index is 0.0731. The van der Waals surface area contributed by atoms with Crippen molar-refractivity contribution in [2.24, 2.45) is 0 Å². The van der Waals surface area contributed by atoms with Gasteiger partial charge in [-0.15, -0.1) is 0 Å². The van der Waals surface area contributed by atoms with Gasteiger partial charge < -0.3 is 14.5 Å². The van der Waals surface area contributed by atoms with Gasteiger partial charge in [0.05, 0.1) is 23.9 Å². The van der Waals surface area contributed by atoms with Gasteiger partial charge in [-0.3, -0.25) is 4.79 Å². The minimum Gasteiger partial charge on any atom is -0.497 e. The van der Waals surface area contributed by atoms with Gasteiger partial charge in [0.2, 0.25) is 0 Å². The van der Waals surface area contributed by atoms with Crippen LogP contribution < -0.4 is 9.64 Å². The van der Waals surface area contributed by atoms with E-state index in [2.05, 4.69) is 62.1 Å². The third-order valence-corrected chi connectivity index (χ3v) is 6.95. The van der Waals surface area contributed by atoms with Gasteiger partial charge in [-0.2, -0.15) is 0 Å². The smallest absolute Gasteiger partial charge is 0.254 e. The van der Waals surface area contributed by atoms with Crippen LogP contribution in [0, 0.1) is 20.8 Å². The van der Waals surface area contributed by atoms with Gasteiger partial charge in [0.1, 0.15) is 5.75 Å². The lowest BCUT2D eigenvalue weighted by molar-refractivity contribution is 0.0748. The molecule has 4 aromatic rings. The van der Waals surface area contributed by atoms with E-state index in [4.69, 9.17) is 9.72 Å². The number of methoxy groups -OCH3 is 1. The molecule has 35 heavy (non-hydrogen) atoms. The summed E-state index contributed by atoms with van der Waals surface area (Å²) < 4.78 is 5.28. The number of aromatic nitrogens is 1. The number of ether oxygens (including phenoxy) is 1. The predicted octanol–water partition coefficient (Wildman–Crippen LogP) is 5.80. The Balaban J connectivity index is 1.46. The molecule has 1 aromatic heterocycles. The third-order valence-electron chi connectivity index (χ3n) is 6.95. The molecular formula is C30H31N3O2. The number of pyridine rings is 1. The number of carbonyl (C=O) groups is 1. The number of amides is 1. The molecule has 1 aliphatic heterocycles. The Hall–Kier alpha value is -3.86. The molecule has 5 rings (SSSR count). The quantitative estimate of drug-likeness (QED) is 0.382. The van der Waals surface area contributed by atoms with E-state index in [1.807, 2.05) is 35.2 Å². The molecule has 1 aliphatic rings. The van der Waals surface area contributed by atoms with E-state index in [1.165, 1.54) is 5.56 Å². The number of hydrogen-bond donors (Lipinski definition) is 0. The van der Waals surface area contributed by atoms with Crippen molar-refractivity contribution < 1.29 is 9.53 Å². The Kier molecular flexibility index (Phi) is 6.16. The van der Waals surface area contributed by atoms with Crippen molar-refractivity contribution in [1.29, 1.82) is 0 Å². The highest BCUT2D eigenvalue weighted by atomic mass is 16.5. The van der Waals surface area contributed by atoms with Crippen molar-refractivity contribution in [1.82, 2.24) is 9.88 Å². The lowest BCUT2D eigenvalue weighted by Crippen LogP contribution is -2.48. The summed E-state index contributed by atoms with van der Waals surface area (Å²) in [6.45, 7) is 9.19. The molecular weight excluding hydrogens is 434 g/mol. The topological polar surface area (TPSA) is 45.7 Å². The second kappa shape index (κ2) is 9.41. The lowest BCUT2D eigenvalue weighted by Gasteiger charge is -2.36. The first kappa shape index (κ1) is 22.9. The maximum Gasteiger partial charge on any atom is 0.254 e. The zero-order valence-corrected chi connectivity index (χ0v) is 20.8. The number of rotatable bonds is 4. The van der Waals surface area contributed by atoms with E-state index in [9.17, 15) is 4.79 Å². The molecule has 0 radical (unpaired) electrons. The van der Waals surface area contributed by atoms with Crippen LogP contribution in [0.25, 0.3) is 22.2 Å². The van der Waals surface area contributed by atoms with Crippen molar-refractivity contribution in [3.05, 3.63) is 89.0 Å². The third kappa shape index (κ3) is 4.46. The van der Waals surface area contributed by atoms with Gasteiger partial charge in [-0.05, 0) is 68.3 Å². The molecule has 3 aromatic carbocycles. The molecule has 5 heteroatoms. The van der Waals surface area contributed by atoms with Gasteiger partial charge in [0.15, 0.2) is 0 Å². The highest BCUT2D eigenvalue weighted by Gasteiger charge is 2.25. The first-order valence-electron chi connectivity index (χ1n) is 12.1. The number of benzene rings is 3. The highest BCUT2D eigenvalue weighted by molar-refractivity contribution is 6.08. The van der Waals surface area contributed by atoms with Crippen LogP contribution in [-0.4, -0.2) is 49.1 Å². The molecule has 0 spiro atoms. The summed E-state index contributed by atoms with van der Waals surface area (Å²) in [5, 5.41) is 0.918. The molecule has 0 N–H and O–H groups in total. The summed E-state index contributed by atoms with van der Waals surface area (Å²) in [6.07, 6.45) is 0. The van der Waals surface area contributed by atoms with Crippen molar-refractivity contribution in [3.63, 3.8) is 0 Å². The lowest BCUT2D eigenvalue weighted by atomic mass is 9.97. The Morgan fingerprint density at radius 2 is 1.60 bits per heavy atom. The van der Waals surface area contributed by atoms with Crippen LogP contribution in [0.3, 0.4) is 0 Å². The van der Waals surface area contributed by atoms with Gasteiger partial charge in [-0.25, -0.2) is 4.98 Å². The summed E-state index contributed by atoms with van der Waals surface area (Å²) in [7, 11) is 1.68. The van der Waals surface area contributed by atoms with Gasteiger partial charge >= 0.3 is 0 Å². The number of fused-ring (bicyclic) bond motifs is 1. The van der Waals surface area contributed by atoms with E-state index in [1.54, 1.807) is 7.11 Å². The number of anilines is 1. The summed E-state index contributed by atoms with van der Waals surface area (Å²) in [6, 6.07) is 22.6. The molecule has 5 nitrogen and oxygen atoms in total. The second-order valence-corrected chi connectivity index (χ2v) is 9.32. The van der Waals surface area contributed by atoms with Gasteiger partial charge in [0, 0.05) is 42.8 Å². The van der Waals surface area contributed by atoms with Crippen LogP contribution in [0.2, 0.25) is 0 Å². The first-order chi connectivity index (χ1) is 16.9. The summed E-state index contributed by atoms with van der Waals surface area (Å²) in [4.78, 5) is 23.2. The highest BCUT2D eigenvalue weighted by Crippen LogP contribution is 2.30. The average molecular weight is 466 g/mol. The maximum atomic E-state index is 13.9. The number of piperazine rings is 1. The molecule has 0 saturated carbocycles. The minimum atomic E-state index is 0.0731. The molecule has 1 fully saturated rings. The fourth-order valence-electron chi connectivity index (χ4n) is 4.85. The predicted molar refractivity (Wildman–Crippen MR) is 143 cm³/mol. The van der Waals surface area contributed by atoms with Crippen molar-refractivity contribution in [2.75, 3.05) is 38.2 Å². The molecule has 1 amide bonds. The Labute approximate surface area is 207 Å². The monoisotopic (exact) mass is 465 g/mol. The zero-order valence-electron chi connectivity index (χ0n) is 20.8. The molecule has 1 saturated heterocycles. The van der Waals surface area contributed by atoms with Crippen LogP contribution in [0.5, 0.6) is 5.75 Å². The zero-order chi connectivity index (χ0) is 24.5. The largest absolute Gasteiger partial charge is 0.497 e. The second-order valence-electron chi connectivity index (χ2n) is 9.32. The van der Waals surface area contributed by atoms with Crippen LogP contribution in [0.1, 0.15) is 27.0 Å². The van der Waals surface area contributed by atoms with Crippen molar-refractivity contribution >= 4 is 22.5 Å². The fourth-order valence-corrected chi connectivity index (χ4v) is 4.85. The van der Waals surface area contributed by atoms with E-state index in [0.717, 1.165) is 63.4 Å². The van der Waals surface area contributed by atoms with Crippen molar-refractivity contribution in [2.45, 2.75) is 20.8 Å². The van der Waals surface area contributed by atoms with Crippen LogP contribution in [0.15, 0.2) is 66.7 Å². The SMILES string of the molecule is COc1ccc(N2CCN(C(=O)c3cc(-c4cc(C)ccc4C)nc4c(C)cccc34)CC2)cc1. The molecule has 2 heterocycles. The molecule has 0 unspecified atom stereocenters. The summed E-state index contributed by atoms with van der Waals surface area (Å²) in [5.41, 5.74) is 8.12. The molecule has 0 atom stereocenters. The number of carbonyl (C=O) groups excluding carboxylic acids is 1. The number of nitrogens with zero attached hydrogens (tertiary/aromatic N) is 3. The number of aryl methyl sites for hydroxylation is 3. The Morgan fingerprint density at radius 1 is 0.857 bits per heavy atom. The van der Waals surface area contributed by atoms with E-state index in [0.29, 0.717) is 13.1 Å². The molecule has 178 valence electrons. The van der Waals surface area contributed by atoms with Gasteiger partial charge in [0.25, 0.3) is 5.91 Å². The molecule has 0 bridgehead atoms. The van der Waals surface area contributed by atoms with Crippen LogP contribution in [-0.2, 0) is 0 Å². The van der Waals surface area contributed by atoms with E-state index < -0.39 is 0 Å². The van der Waals surface area contributed by atoms with Crippen molar-refractivity contribution in [3.8, 4) is 17.0 Å². The average Bonchev–Trinajstić information content (AvgIpc) is 2.89. The first-order valence-corrected chi connectivity index (χ1v) is 12.1. The summed E-state index contributed by atoms with van der Waals surface area (Å²) >= 11 is 0. The molecule has 0 aliphatic carbocycles. The maximum absolute atomic E-state index is 13.9. The van der Waals surface area contributed by atoms with Crippen LogP contribution >= 0.6 is 0 Å². The summed E-state index contributed by atoms with van der Waals surface area (Å²) in [5.74, 6) is 0.922. The van der Waals surface area contributed by atoms with Crippen LogP contribution in [0.4, 0.5) is 5.69 Å². The normalized spacial score (nSPS) is 13.8.